The zero-order valence-corrected chi connectivity index (χ0v) is 17.6. The smallest absolute Gasteiger partial charge is 0.264 e. The number of rotatable bonds is 3. The van der Waals surface area contributed by atoms with E-state index in [-0.39, 0.29) is 30.1 Å². The summed E-state index contributed by atoms with van der Waals surface area (Å²) in [4.78, 5) is 25.7. The van der Waals surface area contributed by atoms with E-state index in [1.54, 1.807) is 11.9 Å². The summed E-state index contributed by atoms with van der Waals surface area (Å²) in [5.41, 5.74) is 0.597. The van der Waals surface area contributed by atoms with Crippen LogP contribution in [0.25, 0.3) is 0 Å². The molecule has 2 heterocycles. The Morgan fingerprint density at radius 3 is 2.67 bits per heavy atom. The van der Waals surface area contributed by atoms with Gasteiger partial charge in [-0.2, -0.15) is 0 Å². The second-order valence-electron chi connectivity index (χ2n) is 7.40. The normalized spacial score (nSPS) is 32.7. The van der Waals surface area contributed by atoms with Crippen LogP contribution in [0.5, 0.6) is 0 Å². The van der Waals surface area contributed by atoms with Crippen LogP contribution in [0.1, 0.15) is 18.9 Å². The molecule has 0 aliphatic carbocycles. The molecule has 0 saturated carbocycles. The molecule has 0 bridgehead atoms. The molecule has 2 aliphatic rings. The van der Waals surface area contributed by atoms with Crippen LogP contribution in [0, 0.1) is 9.49 Å². The molecule has 1 amide bonds. The highest BCUT2D eigenvalue weighted by Gasteiger charge is 2.65. The van der Waals surface area contributed by atoms with Crippen molar-refractivity contribution < 1.29 is 19.4 Å². The fraction of sp³-hybridized carbons (Fsp3) is 0.588. The van der Waals surface area contributed by atoms with Crippen molar-refractivity contribution in [1.29, 1.82) is 0 Å². The molecule has 7 heteroatoms. The first-order valence-electron chi connectivity index (χ1n) is 8.23. The molecule has 0 radical (unpaired) electrons. The van der Waals surface area contributed by atoms with Gasteiger partial charge in [-0.15, -0.1) is 0 Å². The lowest BCUT2D eigenvalue weighted by Crippen LogP contribution is -2.45. The van der Waals surface area contributed by atoms with Crippen molar-refractivity contribution in [3.05, 3.63) is 27.3 Å². The summed E-state index contributed by atoms with van der Waals surface area (Å²) >= 11 is 2.24. The summed E-state index contributed by atoms with van der Waals surface area (Å²) in [6.45, 7) is 5.77. The summed E-state index contributed by atoms with van der Waals surface area (Å²) in [5, 5.41) is 9.44. The van der Waals surface area contributed by atoms with Gasteiger partial charge in [-0.1, -0.05) is 6.92 Å². The molecule has 2 aliphatic heterocycles. The molecule has 132 valence electrons. The van der Waals surface area contributed by atoms with Gasteiger partial charge in [0.25, 0.3) is 5.91 Å². The van der Waals surface area contributed by atoms with Crippen molar-refractivity contribution in [2.75, 3.05) is 18.6 Å². The number of carbonyl (C=O) groups is 1. The van der Waals surface area contributed by atoms with Crippen LogP contribution >= 0.6 is 22.6 Å². The molecule has 1 fully saturated rings. The molecule has 0 unspecified atom stereocenters. The topological polar surface area (TPSA) is 70.0 Å². The van der Waals surface area contributed by atoms with E-state index >= 15 is 0 Å². The molecule has 4 atom stereocenters. The summed E-state index contributed by atoms with van der Waals surface area (Å²) in [5.74, 6) is -0.217. The predicted molar refractivity (Wildman–Crippen MR) is 103 cm³/mol. The van der Waals surface area contributed by atoms with Gasteiger partial charge in [0.1, 0.15) is 0 Å². The van der Waals surface area contributed by atoms with E-state index in [0.717, 1.165) is 14.8 Å². The Bertz CT molecular complexity index is 677. The van der Waals surface area contributed by atoms with Crippen molar-refractivity contribution in [2.45, 2.75) is 43.7 Å². The lowest BCUT2D eigenvalue weighted by atomic mass is 9.82. The first kappa shape index (κ1) is 18.3. The molecular weight excluding hydrogens is 437 g/mol. The molecule has 1 aromatic carbocycles. The minimum atomic E-state index is -2.58. The largest absolute Gasteiger partial charge is 0.432 e. The number of aliphatic hydroxyl groups excluding tert-OH is 1. The predicted octanol–water partition coefficient (Wildman–Crippen LogP) is 2.45. The average Bonchev–Trinajstić information content (AvgIpc) is 2.88. The first-order chi connectivity index (χ1) is 11.1. The number of hydrogen-bond donors (Lipinski definition) is 2. The van der Waals surface area contributed by atoms with E-state index in [4.69, 9.17) is 4.74 Å². The molecule has 2 N–H and O–H groups in total. The zero-order chi connectivity index (χ0) is 17.9. The number of nitrogens with zero attached hydrogens (tertiary/aromatic N) is 1. The van der Waals surface area contributed by atoms with Crippen LogP contribution in [-0.2, 0) is 15.1 Å². The molecule has 1 aromatic rings. The van der Waals surface area contributed by atoms with Crippen LogP contribution in [-0.4, -0.2) is 43.9 Å². The number of hydrogen-bond acceptors (Lipinski definition) is 4. The molecule has 1 saturated heterocycles. The van der Waals surface area contributed by atoms with Crippen LogP contribution < -0.4 is 4.90 Å². The highest BCUT2D eigenvalue weighted by molar-refractivity contribution is 14.1. The summed E-state index contributed by atoms with van der Waals surface area (Å²) in [7, 11) is -0.804. The van der Waals surface area contributed by atoms with Crippen LogP contribution in [0.4, 0.5) is 5.69 Å². The van der Waals surface area contributed by atoms with Gasteiger partial charge in [0.2, 0.25) is 0 Å². The lowest BCUT2D eigenvalue weighted by molar-refractivity contribution is -0.146. The summed E-state index contributed by atoms with van der Waals surface area (Å²) in [6.07, 6.45) is 0.127. The van der Waals surface area contributed by atoms with E-state index in [1.807, 2.05) is 38.2 Å². The Morgan fingerprint density at radius 2 is 2.08 bits per heavy atom. The van der Waals surface area contributed by atoms with Gasteiger partial charge in [-0.25, -0.2) is 0 Å². The maximum Gasteiger partial charge on any atom is 0.264 e. The minimum Gasteiger partial charge on any atom is -0.432 e. The molecule has 1 spiro atoms. The molecule has 24 heavy (non-hydrogen) atoms. The Labute approximate surface area is 157 Å². The lowest BCUT2D eigenvalue weighted by Gasteiger charge is -2.32. The van der Waals surface area contributed by atoms with Gasteiger partial charge in [0.15, 0.2) is 13.9 Å². The fourth-order valence-electron chi connectivity index (χ4n) is 4.55. The van der Waals surface area contributed by atoms with Gasteiger partial charge in [-0.3, -0.25) is 4.79 Å². The number of anilines is 1. The number of carbonyl (C=O) groups excluding carboxylic acids is 1. The molecule has 3 rings (SSSR count). The van der Waals surface area contributed by atoms with Crippen LogP contribution in [0.3, 0.4) is 0 Å². The van der Waals surface area contributed by atoms with Crippen LogP contribution in [0.2, 0.25) is 18.6 Å². The number of likely N-dealkylation sites (N-methyl/N-ethyl adjacent to an activating group) is 1. The molecule has 5 nitrogen and oxygen atoms in total. The zero-order valence-electron chi connectivity index (χ0n) is 14.4. The molecular formula is C17H24INO4Si. The highest BCUT2D eigenvalue weighted by Crippen LogP contribution is 2.59. The highest BCUT2D eigenvalue weighted by atomic mass is 127. The SMILES string of the molecule is C[C@@H]1[C@@H]([Si](C)(C)O)[C@H](CCO)O[C@@]12C(=O)N(C)c1ccc(I)cc12. The number of ether oxygens (including phenoxy) is 1. The third-order valence-electron chi connectivity index (χ3n) is 5.49. The van der Waals surface area contributed by atoms with Crippen molar-refractivity contribution in [3.63, 3.8) is 0 Å². The number of fused-ring (bicyclic) bond motifs is 2. The van der Waals surface area contributed by atoms with E-state index < -0.39 is 13.9 Å². The number of halogens is 1. The Morgan fingerprint density at radius 1 is 1.42 bits per heavy atom. The summed E-state index contributed by atoms with van der Waals surface area (Å²) < 4.78 is 7.43. The monoisotopic (exact) mass is 461 g/mol. The standard InChI is InChI=1S/C17H24INO4Si/c1-10-15(24(3,4)22)14(7-8-20)23-17(10)12-9-11(18)5-6-13(12)19(2)16(17)21/h5-6,9-10,14-15,20,22H,7-8H2,1-4H3/t10-,14+,15-,17+/m1/s1. The summed E-state index contributed by atoms with van der Waals surface area (Å²) in [6, 6.07) is 5.95. The minimum absolute atomic E-state index is 0.0162. The number of amides is 1. The van der Waals surface area contributed by atoms with Gasteiger partial charge in [0.05, 0.1) is 11.8 Å². The van der Waals surface area contributed by atoms with Crippen LogP contribution in [0.15, 0.2) is 18.2 Å². The number of aliphatic hydroxyl groups is 1. The van der Waals surface area contributed by atoms with Gasteiger partial charge >= 0.3 is 0 Å². The molecule has 0 aromatic heterocycles. The maximum absolute atomic E-state index is 13.2. The Balaban J connectivity index is 2.17. The van der Waals surface area contributed by atoms with Gasteiger partial charge < -0.3 is 19.5 Å². The Hall–Kier alpha value is -0.483. The Kier molecular flexibility index (Phi) is 4.61. The van der Waals surface area contributed by atoms with E-state index in [2.05, 4.69) is 22.6 Å². The quantitative estimate of drug-likeness (QED) is 0.536. The number of benzene rings is 1. The van der Waals surface area contributed by atoms with E-state index in [0.29, 0.717) is 6.42 Å². The maximum atomic E-state index is 13.2. The second-order valence-corrected chi connectivity index (χ2v) is 12.6. The van der Waals surface area contributed by atoms with E-state index in [9.17, 15) is 14.7 Å². The second kappa shape index (κ2) is 6.05. The van der Waals surface area contributed by atoms with Crippen molar-refractivity contribution in [1.82, 2.24) is 0 Å². The third-order valence-corrected chi connectivity index (χ3v) is 8.66. The first-order valence-corrected chi connectivity index (χ1v) is 12.3. The van der Waals surface area contributed by atoms with E-state index in [1.165, 1.54) is 0 Å². The van der Waals surface area contributed by atoms with Crippen molar-refractivity contribution in [3.8, 4) is 0 Å². The fourth-order valence-corrected chi connectivity index (χ4v) is 7.65. The van der Waals surface area contributed by atoms with Gasteiger partial charge in [0, 0.05) is 34.2 Å². The van der Waals surface area contributed by atoms with Gasteiger partial charge in [-0.05, 0) is 60.3 Å². The third kappa shape index (κ3) is 2.47. The van der Waals surface area contributed by atoms with Crippen molar-refractivity contribution in [2.24, 2.45) is 5.92 Å². The average molecular weight is 461 g/mol. The van der Waals surface area contributed by atoms with Crippen molar-refractivity contribution >= 4 is 42.5 Å².